The molecule has 0 bridgehead atoms. The fourth-order valence-corrected chi connectivity index (χ4v) is 3.82. The predicted molar refractivity (Wildman–Crippen MR) is 117 cm³/mol. The van der Waals surface area contributed by atoms with E-state index in [1.54, 1.807) is 25.4 Å². The molecule has 0 radical (unpaired) electrons. The second-order valence-electron chi connectivity index (χ2n) is 7.52. The standard InChI is InChI=1S/C23H24N4O3/c1-15(10-17-13-26(2)21-9-8-18(30-3)11-20(17)21)25-22(28)14-27-23(29)19-7-5-4-6-16(19)12-24-27/h4-9,11-13,15H,10,14H2,1-3H3,(H,25,28)/t15-/m1/s1. The number of methoxy groups -OCH3 is 1. The number of aromatic nitrogens is 3. The molecule has 0 unspecified atom stereocenters. The Hall–Kier alpha value is -3.61. The second kappa shape index (κ2) is 8.02. The first kappa shape index (κ1) is 19.7. The van der Waals surface area contributed by atoms with Gasteiger partial charge in [0.05, 0.1) is 18.7 Å². The molecule has 2 aromatic carbocycles. The number of rotatable bonds is 6. The zero-order chi connectivity index (χ0) is 21.3. The molecular formula is C23H24N4O3. The normalized spacial score (nSPS) is 12.2. The summed E-state index contributed by atoms with van der Waals surface area (Å²) in [4.78, 5) is 25.1. The predicted octanol–water partition coefficient (Wildman–Crippen LogP) is 2.64. The van der Waals surface area contributed by atoms with Gasteiger partial charge in [0, 0.05) is 35.6 Å². The summed E-state index contributed by atoms with van der Waals surface area (Å²) in [6.45, 7) is 1.84. The minimum absolute atomic E-state index is 0.106. The lowest BCUT2D eigenvalue weighted by Gasteiger charge is -2.14. The molecule has 1 N–H and O–H groups in total. The molecule has 154 valence electrons. The number of benzene rings is 2. The fraction of sp³-hybridized carbons (Fsp3) is 0.261. The number of nitrogens with zero attached hydrogens (tertiary/aromatic N) is 3. The Balaban J connectivity index is 1.48. The molecule has 2 aromatic heterocycles. The van der Waals surface area contributed by atoms with Crippen LogP contribution in [0.3, 0.4) is 0 Å². The molecule has 0 saturated carbocycles. The zero-order valence-electron chi connectivity index (χ0n) is 17.3. The van der Waals surface area contributed by atoms with Crippen molar-refractivity contribution in [1.29, 1.82) is 0 Å². The van der Waals surface area contributed by atoms with E-state index in [-0.39, 0.29) is 24.1 Å². The van der Waals surface area contributed by atoms with Crippen LogP contribution >= 0.6 is 0 Å². The van der Waals surface area contributed by atoms with Crippen LogP contribution < -0.4 is 15.6 Å². The van der Waals surface area contributed by atoms with Gasteiger partial charge in [0.25, 0.3) is 5.56 Å². The molecule has 0 aliphatic heterocycles. The van der Waals surface area contributed by atoms with Crippen molar-refractivity contribution < 1.29 is 9.53 Å². The van der Waals surface area contributed by atoms with Gasteiger partial charge in [0.2, 0.25) is 5.91 Å². The fourth-order valence-electron chi connectivity index (χ4n) is 3.82. The Bertz CT molecular complexity index is 1290. The number of carbonyl (C=O) groups is 1. The lowest BCUT2D eigenvalue weighted by Crippen LogP contribution is -2.39. The van der Waals surface area contributed by atoms with Gasteiger partial charge in [0.1, 0.15) is 12.3 Å². The van der Waals surface area contributed by atoms with Crippen LogP contribution in [0.25, 0.3) is 21.7 Å². The maximum atomic E-state index is 12.6. The molecule has 7 nitrogen and oxygen atoms in total. The maximum Gasteiger partial charge on any atom is 0.275 e. The minimum Gasteiger partial charge on any atom is -0.497 e. The Morgan fingerprint density at radius 2 is 2.00 bits per heavy atom. The lowest BCUT2D eigenvalue weighted by atomic mass is 10.1. The average Bonchev–Trinajstić information content (AvgIpc) is 3.04. The third-order valence-corrected chi connectivity index (χ3v) is 5.27. The molecule has 0 fully saturated rings. The Kier molecular flexibility index (Phi) is 5.27. The van der Waals surface area contributed by atoms with Gasteiger partial charge in [-0.05, 0) is 43.2 Å². The number of amides is 1. The molecule has 1 atom stereocenters. The van der Waals surface area contributed by atoms with E-state index >= 15 is 0 Å². The molecule has 7 heteroatoms. The summed E-state index contributed by atoms with van der Waals surface area (Å²) in [6, 6.07) is 13.1. The Morgan fingerprint density at radius 1 is 1.20 bits per heavy atom. The first-order valence-electron chi connectivity index (χ1n) is 9.82. The van der Waals surface area contributed by atoms with Gasteiger partial charge in [-0.2, -0.15) is 5.10 Å². The van der Waals surface area contributed by atoms with Crippen molar-refractivity contribution in [3.8, 4) is 5.75 Å². The number of aryl methyl sites for hydroxylation is 1. The first-order valence-corrected chi connectivity index (χ1v) is 9.82. The van der Waals surface area contributed by atoms with E-state index in [4.69, 9.17) is 4.74 Å². The highest BCUT2D eigenvalue weighted by Gasteiger charge is 2.15. The third kappa shape index (κ3) is 3.78. The van der Waals surface area contributed by atoms with Crippen LogP contribution in [0.2, 0.25) is 0 Å². The quantitative estimate of drug-likeness (QED) is 0.536. The van der Waals surface area contributed by atoms with Crippen LogP contribution in [0.5, 0.6) is 5.75 Å². The highest BCUT2D eigenvalue weighted by molar-refractivity contribution is 5.85. The van der Waals surface area contributed by atoms with Crippen molar-refractivity contribution in [3.05, 3.63) is 70.8 Å². The van der Waals surface area contributed by atoms with E-state index in [1.807, 2.05) is 44.3 Å². The molecule has 30 heavy (non-hydrogen) atoms. The topological polar surface area (TPSA) is 78.2 Å². The number of hydrogen-bond acceptors (Lipinski definition) is 4. The summed E-state index contributed by atoms with van der Waals surface area (Å²) >= 11 is 0. The van der Waals surface area contributed by atoms with E-state index in [1.165, 1.54) is 4.68 Å². The lowest BCUT2D eigenvalue weighted by molar-refractivity contribution is -0.122. The van der Waals surface area contributed by atoms with Crippen molar-refractivity contribution in [2.75, 3.05) is 7.11 Å². The monoisotopic (exact) mass is 404 g/mol. The van der Waals surface area contributed by atoms with Crippen molar-refractivity contribution in [3.63, 3.8) is 0 Å². The van der Waals surface area contributed by atoms with Crippen LogP contribution in [0.4, 0.5) is 0 Å². The van der Waals surface area contributed by atoms with Crippen molar-refractivity contribution >= 4 is 27.6 Å². The minimum atomic E-state index is -0.267. The SMILES string of the molecule is COc1ccc2c(c1)c(C[C@@H](C)NC(=O)Cn1ncc3ccccc3c1=O)cn2C. The molecule has 0 saturated heterocycles. The summed E-state index contributed by atoms with van der Waals surface area (Å²) in [5.74, 6) is 0.554. The van der Waals surface area contributed by atoms with Gasteiger partial charge in [-0.25, -0.2) is 4.68 Å². The number of carbonyl (C=O) groups excluding carboxylic acids is 1. The highest BCUT2D eigenvalue weighted by Crippen LogP contribution is 2.26. The van der Waals surface area contributed by atoms with E-state index in [0.717, 1.165) is 27.6 Å². The molecule has 0 spiro atoms. The van der Waals surface area contributed by atoms with Crippen molar-refractivity contribution in [2.45, 2.75) is 25.9 Å². The Labute approximate surface area is 173 Å². The highest BCUT2D eigenvalue weighted by atomic mass is 16.5. The van der Waals surface area contributed by atoms with Gasteiger partial charge in [-0.3, -0.25) is 9.59 Å². The summed E-state index contributed by atoms with van der Waals surface area (Å²) in [7, 11) is 3.65. The first-order chi connectivity index (χ1) is 14.5. The van der Waals surface area contributed by atoms with E-state index in [2.05, 4.69) is 21.2 Å². The van der Waals surface area contributed by atoms with Gasteiger partial charge in [0.15, 0.2) is 0 Å². The van der Waals surface area contributed by atoms with Gasteiger partial charge in [-0.1, -0.05) is 18.2 Å². The third-order valence-electron chi connectivity index (χ3n) is 5.27. The van der Waals surface area contributed by atoms with Gasteiger partial charge >= 0.3 is 0 Å². The number of nitrogens with one attached hydrogen (secondary N) is 1. The van der Waals surface area contributed by atoms with E-state index in [9.17, 15) is 9.59 Å². The second-order valence-corrected chi connectivity index (χ2v) is 7.52. The molecular weight excluding hydrogens is 380 g/mol. The smallest absolute Gasteiger partial charge is 0.275 e. The van der Waals surface area contributed by atoms with Crippen molar-refractivity contribution in [1.82, 2.24) is 19.7 Å². The maximum absolute atomic E-state index is 12.6. The molecule has 2 heterocycles. The average molecular weight is 404 g/mol. The van der Waals surface area contributed by atoms with E-state index < -0.39 is 0 Å². The van der Waals surface area contributed by atoms with Crippen molar-refractivity contribution in [2.24, 2.45) is 7.05 Å². The molecule has 0 aliphatic rings. The van der Waals surface area contributed by atoms with Crippen LogP contribution in [-0.4, -0.2) is 33.4 Å². The van der Waals surface area contributed by atoms with Gasteiger partial charge < -0.3 is 14.6 Å². The number of hydrogen-bond donors (Lipinski definition) is 1. The summed E-state index contributed by atoms with van der Waals surface area (Å²) < 4.78 is 8.61. The van der Waals surface area contributed by atoms with Crippen LogP contribution in [0, 0.1) is 0 Å². The largest absolute Gasteiger partial charge is 0.497 e. The van der Waals surface area contributed by atoms with Crippen LogP contribution in [-0.2, 0) is 24.8 Å². The summed E-state index contributed by atoms with van der Waals surface area (Å²) in [6.07, 6.45) is 4.34. The molecule has 0 aliphatic carbocycles. The summed E-state index contributed by atoms with van der Waals surface area (Å²) in [5, 5.41) is 9.52. The summed E-state index contributed by atoms with van der Waals surface area (Å²) in [5.41, 5.74) is 1.97. The number of ether oxygens (including phenoxy) is 1. The van der Waals surface area contributed by atoms with E-state index in [0.29, 0.717) is 11.8 Å². The molecule has 4 aromatic rings. The van der Waals surface area contributed by atoms with Crippen LogP contribution in [0.15, 0.2) is 59.7 Å². The number of fused-ring (bicyclic) bond motifs is 2. The Morgan fingerprint density at radius 3 is 2.80 bits per heavy atom. The molecule has 1 amide bonds. The zero-order valence-corrected chi connectivity index (χ0v) is 17.3. The van der Waals surface area contributed by atoms with Gasteiger partial charge in [-0.15, -0.1) is 0 Å². The molecule has 4 rings (SSSR count). The van der Waals surface area contributed by atoms with Crippen LogP contribution in [0.1, 0.15) is 12.5 Å².